The predicted octanol–water partition coefficient (Wildman–Crippen LogP) is 1.69. The highest BCUT2D eigenvalue weighted by molar-refractivity contribution is 5.82. The van der Waals surface area contributed by atoms with Crippen LogP contribution >= 0.6 is 0 Å². The van der Waals surface area contributed by atoms with Crippen LogP contribution in [0.1, 0.15) is 38.2 Å². The van der Waals surface area contributed by atoms with Gasteiger partial charge >= 0.3 is 0 Å². The van der Waals surface area contributed by atoms with E-state index in [0.29, 0.717) is 13.2 Å². The van der Waals surface area contributed by atoms with Gasteiger partial charge in [-0.1, -0.05) is 18.9 Å². The second-order valence-electron chi connectivity index (χ2n) is 5.93. The van der Waals surface area contributed by atoms with E-state index in [2.05, 4.69) is 5.32 Å². The molecular formula is C16H22N2O3. The molecule has 21 heavy (non-hydrogen) atoms. The molecule has 0 saturated heterocycles. The van der Waals surface area contributed by atoms with Crippen LogP contribution in [0.25, 0.3) is 0 Å². The van der Waals surface area contributed by atoms with Crippen LogP contribution < -0.4 is 20.5 Å². The minimum absolute atomic E-state index is 0.105. The molecule has 2 aliphatic rings. The fourth-order valence-corrected chi connectivity index (χ4v) is 3.16. The van der Waals surface area contributed by atoms with Gasteiger partial charge in [-0.05, 0) is 37.5 Å². The second kappa shape index (κ2) is 5.56. The lowest BCUT2D eigenvalue weighted by Gasteiger charge is -2.33. The Labute approximate surface area is 124 Å². The molecule has 3 rings (SSSR count). The predicted molar refractivity (Wildman–Crippen MR) is 79.4 cm³/mol. The van der Waals surface area contributed by atoms with E-state index in [4.69, 9.17) is 15.2 Å². The van der Waals surface area contributed by atoms with Crippen LogP contribution in [-0.2, 0) is 10.3 Å². The lowest BCUT2D eigenvalue weighted by Crippen LogP contribution is -2.49. The quantitative estimate of drug-likeness (QED) is 0.888. The van der Waals surface area contributed by atoms with Gasteiger partial charge in [0.15, 0.2) is 11.5 Å². The van der Waals surface area contributed by atoms with Gasteiger partial charge in [-0.2, -0.15) is 0 Å². The van der Waals surface area contributed by atoms with Gasteiger partial charge < -0.3 is 20.5 Å². The summed E-state index contributed by atoms with van der Waals surface area (Å²) in [5.74, 6) is 1.43. The highest BCUT2D eigenvalue weighted by Gasteiger charge is 2.38. The summed E-state index contributed by atoms with van der Waals surface area (Å²) in [5, 5.41) is 3.15. The minimum atomic E-state index is -0.500. The van der Waals surface area contributed by atoms with E-state index in [-0.39, 0.29) is 11.4 Å². The zero-order valence-corrected chi connectivity index (χ0v) is 12.4. The maximum atomic E-state index is 12.1. The molecule has 1 aliphatic heterocycles. The third-order valence-electron chi connectivity index (χ3n) is 4.33. The van der Waals surface area contributed by atoms with Gasteiger partial charge in [0, 0.05) is 0 Å². The average molecular weight is 290 g/mol. The topological polar surface area (TPSA) is 73.6 Å². The van der Waals surface area contributed by atoms with E-state index in [0.717, 1.165) is 42.7 Å². The molecule has 0 aromatic heterocycles. The molecule has 1 saturated carbocycles. The zero-order chi connectivity index (χ0) is 14.9. The van der Waals surface area contributed by atoms with Crippen molar-refractivity contribution < 1.29 is 14.3 Å². The van der Waals surface area contributed by atoms with Crippen molar-refractivity contribution in [3.63, 3.8) is 0 Å². The Morgan fingerprint density at radius 2 is 1.90 bits per heavy atom. The van der Waals surface area contributed by atoms with Gasteiger partial charge in [0.25, 0.3) is 0 Å². The van der Waals surface area contributed by atoms with E-state index >= 15 is 0 Å². The smallest absolute Gasteiger partial charge is 0.237 e. The molecule has 1 aromatic rings. The number of benzene rings is 1. The maximum Gasteiger partial charge on any atom is 0.237 e. The Balaban J connectivity index is 1.92. The van der Waals surface area contributed by atoms with Crippen LogP contribution in [0.4, 0.5) is 0 Å². The molecule has 1 aliphatic carbocycles. The molecule has 5 heteroatoms. The van der Waals surface area contributed by atoms with Crippen LogP contribution in [-0.4, -0.2) is 25.2 Å². The van der Waals surface area contributed by atoms with E-state index < -0.39 is 6.04 Å². The van der Waals surface area contributed by atoms with Crippen molar-refractivity contribution in [2.75, 3.05) is 13.2 Å². The lowest BCUT2D eigenvalue weighted by molar-refractivity contribution is -0.124. The number of carbonyl (C=O) groups excluding carboxylic acids is 1. The number of nitrogens with two attached hydrogens (primary N) is 1. The molecule has 1 heterocycles. The van der Waals surface area contributed by atoms with Crippen LogP contribution in [0.3, 0.4) is 0 Å². The first-order chi connectivity index (χ1) is 10.1. The van der Waals surface area contributed by atoms with Gasteiger partial charge in [0.2, 0.25) is 5.91 Å². The molecule has 1 atom stereocenters. The van der Waals surface area contributed by atoms with Gasteiger partial charge in [-0.3, -0.25) is 4.79 Å². The minimum Gasteiger partial charge on any atom is -0.486 e. The molecule has 0 unspecified atom stereocenters. The molecule has 1 fully saturated rings. The van der Waals surface area contributed by atoms with E-state index in [1.807, 2.05) is 18.2 Å². The summed E-state index contributed by atoms with van der Waals surface area (Å²) in [5.41, 5.74) is 6.47. The molecule has 0 radical (unpaired) electrons. The van der Waals surface area contributed by atoms with Crippen molar-refractivity contribution in [1.82, 2.24) is 5.32 Å². The molecule has 5 nitrogen and oxygen atoms in total. The Bertz CT molecular complexity index is 536. The van der Waals surface area contributed by atoms with Crippen molar-refractivity contribution in [3.05, 3.63) is 23.8 Å². The number of rotatable bonds is 3. The summed E-state index contributed by atoms with van der Waals surface area (Å²) in [7, 11) is 0. The SMILES string of the molecule is C[C@H](N)C(=O)NC1(c2ccc3c(c2)OCCO3)CCCC1. The highest BCUT2D eigenvalue weighted by Crippen LogP contribution is 2.42. The number of amides is 1. The number of fused-ring (bicyclic) bond motifs is 1. The summed E-state index contributed by atoms with van der Waals surface area (Å²) < 4.78 is 11.2. The monoisotopic (exact) mass is 290 g/mol. The summed E-state index contributed by atoms with van der Waals surface area (Å²) in [4.78, 5) is 12.1. The first kappa shape index (κ1) is 14.2. The first-order valence-corrected chi connectivity index (χ1v) is 7.58. The summed E-state index contributed by atoms with van der Waals surface area (Å²) in [6, 6.07) is 5.46. The van der Waals surface area contributed by atoms with Crippen LogP contribution in [0.2, 0.25) is 0 Å². The van der Waals surface area contributed by atoms with Gasteiger partial charge in [-0.25, -0.2) is 0 Å². The molecule has 1 amide bonds. The average Bonchev–Trinajstić information content (AvgIpc) is 2.96. The molecule has 0 spiro atoms. The summed E-state index contributed by atoms with van der Waals surface area (Å²) in [6.45, 7) is 2.86. The van der Waals surface area contributed by atoms with Crippen LogP contribution in [0, 0.1) is 0 Å². The number of carbonyl (C=O) groups is 1. The summed E-state index contributed by atoms with van der Waals surface area (Å²) in [6.07, 6.45) is 4.08. The summed E-state index contributed by atoms with van der Waals surface area (Å²) >= 11 is 0. The Morgan fingerprint density at radius 3 is 2.57 bits per heavy atom. The number of nitrogens with one attached hydrogen (secondary N) is 1. The number of hydrogen-bond donors (Lipinski definition) is 2. The fraction of sp³-hybridized carbons (Fsp3) is 0.562. The largest absolute Gasteiger partial charge is 0.486 e. The van der Waals surface area contributed by atoms with Gasteiger partial charge in [0.05, 0.1) is 11.6 Å². The lowest BCUT2D eigenvalue weighted by atomic mass is 9.87. The Morgan fingerprint density at radius 1 is 1.24 bits per heavy atom. The van der Waals surface area contributed by atoms with Crippen molar-refractivity contribution in [2.45, 2.75) is 44.2 Å². The third-order valence-corrected chi connectivity index (χ3v) is 4.33. The second-order valence-corrected chi connectivity index (χ2v) is 5.93. The van der Waals surface area contributed by atoms with Gasteiger partial charge in [-0.15, -0.1) is 0 Å². The highest BCUT2D eigenvalue weighted by atomic mass is 16.6. The molecule has 0 bridgehead atoms. The maximum absolute atomic E-state index is 12.1. The fourth-order valence-electron chi connectivity index (χ4n) is 3.16. The molecule has 1 aromatic carbocycles. The first-order valence-electron chi connectivity index (χ1n) is 7.58. The number of hydrogen-bond acceptors (Lipinski definition) is 4. The zero-order valence-electron chi connectivity index (χ0n) is 12.4. The van der Waals surface area contributed by atoms with E-state index in [9.17, 15) is 4.79 Å². The Hall–Kier alpha value is -1.75. The van der Waals surface area contributed by atoms with E-state index in [1.165, 1.54) is 0 Å². The van der Waals surface area contributed by atoms with Crippen molar-refractivity contribution >= 4 is 5.91 Å². The van der Waals surface area contributed by atoms with Crippen molar-refractivity contribution in [2.24, 2.45) is 5.73 Å². The van der Waals surface area contributed by atoms with Crippen molar-refractivity contribution in [3.8, 4) is 11.5 Å². The van der Waals surface area contributed by atoms with Crippen LogP contribution in [0.15, 0.2) is 18.2 Å². The molecule has 3 N–H and O–H groups in total. The molecular weight excluding hydrogens is 268 g/mol. The Kier molecular flexibility index (Phi) is 3.76. The third kappa shape index (κ3) is 2.70. The van der Waals surface area contributed by atoms with E-state index in [1.54, 1.807) is 6.92 Å². The standard InChI is InChI=1S/C16H22N2O3/c1-11(17)15(19)18-16(6-2-3-7-16)12-4-5-13-14(10-12)21-9-8-20-13/h4-5,10-11H,2-3,6-9,17H2,1H3,(H,18,19)/t11-/m0/s1. The molecule has 114 valence electrons. The van der Waals surface area contributed by atoms with Crippen LogP contribution in [0.5, 0.6) is 11.5 Å². The van der Waals surface area contributed by atoms with Gasteiger partial charge in [0.1, 0.15) is 13.2 Å². The number of ether oxygens (including phenoxy) is 2. The normalized spacial score (nSPS) is 20.9. The van der Waals surface area contributed by atoms with Crippen molar-refractivity contribution in [1.29, 1.82) is 0 Å².